The monoisotopic (exact) mass is 393 g/mol. The van der Waals surface area contributed by atoms with E-state index in [1.165, 1.54) is 0 Å². The Morgan fingerprint density at radius 1 is 1.15 bits per heavy atom. The number of aliphatic carboxylic acids is 1. The number of halogens is 2. The van der Waals surface area contributed by atoms with Gasteiger partial charge < -0.3 is 10.0 Å². The smallest absolute Gasteiger partial charge is 0.307 e. The van der Waals surface area contributed by atoms with Crippen molar-refractivity contribution in [2.24, 2.45) is 11.3 Å². The Morgan fingerprint density at radius 2 is 1.88 bits per heavy atom. The molecular formula is C18H17Cl2N3O3. The molecule has 1 amide bonds. The van der Waals surface area contributed by atoms with Gasteiger partial charge in [-0.1, -0.05) is 23.2 Å². The highest BCUT2D eigenvalue weighted by Crippen LogP contribution is 2.59. The molecule has 26 heavy (non-hydrogen) atoms. The average Bonchev–Trinajstić information content (AvgIpc) is 3.11. The Balaban J connectivity index is 1.44. The fourth-order valence-corrected chi connectivity index (χ4v) is 4.07. The summed E-state index contributed by atoms with van der Waals surface area (Å²) in [6.45, 7) is 1.14. The van der Waals surface area contributed by atoms with Gasteiger partial charge in [-0.2, -0.15) is 5.10 Å². The third-order valence-electron chi connectivity index (χ3n) is 5.51. The molecule has 1 spiro atoms. The summed E-state index contributed by atoms with van der Waals surface area (Å²) in [5.74, 6) is -1.09. The minimum Gasteiger partial charge on any atom is -0.481 e. The van der Waals surface area contributed by atoms with Crippen LogP contribution in [-0.2, 0) is 4.79 Å². The van der Waals surface area contributed by atoms with Gasteiger partial charge in [0.1, 0.15) is 0 Å². The van der Waals surface area contributed by atoms with Gasteiger partial charge in [-0.05, 0) is 48.9 Å². The first-order valence-corrected chi connectivity index (χ1v) is 9.18. The second kappa shape index (κ2) is 6.28. The number of hydrogen-bond acceptors (Lipinski definition) is 3. The first kappa shape index (κ1) is 17.4. The van der Waals surface area contributed by atoms with Crippen LogP contribution in [-0.4, -0.2) is 44.8 Å². The van der Waals surface area contributed by atoms with Crippen LogP contribution < -0.4 is 0 Å². The van der Waals surface area contributed by atoms with Gasteiger partial charge in [0.15, 0.2) is 5.69 Å². The van der Waals surface area contributed by atoms with Gasteiger partial charge in [-0.15, -0.1) is 0 Å². The van der Waals surface area contributed by atoms with Crippen LogP contribution in [0.5, 0.6) is 0 Å². The number of carboxylic acids is 1. The lowest BCUT2D eigenvalue weighted by Crippen LogP contribution is -2.40. The number of piperidine rings is 1. The van der Waals surface area contributed by atoms with Crippen molar-refractivity contribution < 1.29 is 14.7 Å². The van der Waals surface area contributed by atoms with E-state index < -0.39 is 5.97 Å². The maximum absolute atomic E-state index is 12.7. The summed E-state index contributed by atoms with van der Waals surface area (Å²) in [6, 6.07) is 6.82. The number of nitrogens with zero attached hydrogens (tertiary/aromatic N) is 3. The predicted octanol–water partition coefficient (Wildman–Crippen LogP) is 3.51. The van der Waals surface area contributed by atoms with Gasteiger partial charge in [0.25, 0.3) is 5.91 Å². The van der Waals surface area contributed by atoms with Gasteiger partial charge >= 0.3 is 5.97 Å². The van der Waals surface area contributed by atoms with Crippen molar-refractivity contribution in [2.45, 2.75) is 19.3 Å². The van der Waals surface area contributed by atoms with Gasteiger partial charge in [-0.3, -0.25) is 9.59 Å². The molecule has 2 fully saturated rings. The van der Waals surface area contributed by atoms with Crippen molar-refractivity contribution in [3.8, 4) is 5.69 Å². The third-order valence-corrected chi connectivity index (χ3v) is 6.25. The highest BCUT2D eigenvalue weighted by molar-refractivity contribution is 6.42. The molecule has 2 aromatic rings. The van der Waals surface area contributed by atoms with E-state index in [9.17, 15) is 9.59 Å². The van der Waals surface area contributed by atoms with Crippen molar-refractivity contribution in [3.63, 3.8) is 0 Å². The first-order chi connectivity index (χ1) is 12.4. The van der Waals surface area contributed by atoms with Crippen molar-refractivity contribution in [1.82, 2.24) is 14.7 Å². The summed E-state index contributed by atoms with van der Waals surface area (Å²) < 4.78 is 1.59. The highest BCUT2D eigenvalue weighted by Gasteiger charge is 2.59. The van der Waals surface area contributed by atoms with E-state index in [4.69, 9.17) is 28.3 Å². The quantitative estimate of drug-likeness (QED) is 0.865. The lowest BCUT2D eigenvalue weighted by molar-refractivity contribution is -0.139. The van der Waals surface area contributed by atoms with Crippen LogP contribution in [0.4, 0.5) is 0 Å². The second-order valence-electron chi connectivity index (χ2n) is 6.99. The van der Waals surface area contributed by atoms with Crippen molar-refractivity contribution in [2.75, 3.05) is 13.1 Å². The van der Waals surface area contributed by atoms with E-state index in [-0.39, 0.29) is 17.2 Å². The van der Waals surface area contributed by atoms with Gasteiger partial charge in [-0.25, -0.2) is 4.68 Å². The SMILES string of the molecule is O=C(O)C1CC12CCN(C(=O)c1ccn(-c3ccc(Cl)c(Cl)c3)n1)CC2. The molecule has 0 bridgehead atoms. The Hall–Kier alpha value is -2.05. The minimum absolute atomic E-state index is 0.0952. The maximum atomic E-state index is 12.7. The second-order valence-corrected chi connectivity index (χ2v) is 7.81. The Labute approximate surface area is 160 Å². The van der Waals surface area contributed by atoms with Gasteiger partial charge in [0.05, 0.1) is 21.7 Å². The zero-order chi connectivity index (χ0) is 18.5. The normalized spacial score (nSPS) is 21.0. The summed E-state index contributed by atoms with van der Waals surface area (Å²) in [5.41, 5.74) is 0.984. The Kier molecular flexibility index (Phi) is 4.20. The number of benzene rings is 1. The molecule has 1 aliphatic carbocycles. The Morgan fingerprint density at radius 3 is 2.50 bits per heavy atom. The maximum Gasteiger partial charge on any atom is 0.307 e. The summed E-state index contributed by atoms with van der Waals surface area (Å²) in [5, 5.41) is 14.4. The first-order valence-electron chi connectivity index (χ1n) is 8.43. The van der Waals surface area contributed by atoms with E-state index in [0.717, 1.165) is 24.9 Å². The van der Waals surface area contributed by atoms with Crippen LogP contribution in [0.25, 0.3) is 5.69 Å². The summed E-state index contributed by atoms with van der Waals surface area (Å²) in [4.78, 5) is 25.6. The third kappa shape index (κ3) is 2.97. The van der Waals surface area contributed by atoms with Crippen LogP contribution in [0.15, 0.2) is 30.5 Å². The summed E-state index contributed by atoms with van der Waals surface area (Å²) in [7, 11) is 0. The van der Waals surface area contributed by atoms with Crippen LogP contribution >= 0.6 is 23.2 Å². The molecule has 1 aromatic carbocycles. The molecule has 8 heteroatoms. The number of likely N-dealkylation sites (tertiary alicyclic amines) is 1. The largest absolute Gasteiger partial charge is 0.481 e. The number of carbonyl (C=O) groups excluding carboxylic acids is 1. The molecule has 1 atom stereocenters. The van der Waals surface area contributed by atoms with Gasteiger partial charge in [0.2, 0.25) is 0 Å². The van der Waals surface area contributed by atoms with E-state index in [2.05, 4.69) is 5.10 Å². The van der Waals surface area contributed by atoms with E-state index >= 15 is 0 Å². The molecule has 6 nitrogen and oxygen atoms in total. The lowest BCUT2D eigenvalue weighted by atomic mass is 9.90. The van der Waals surface area contributed by atoms with Crippen LogP contribution in [0, 0.1) is 11.3 Å². The molecule has 136 valence electrons. The van der Waals surface area contributed by atoms with Crippen LogP contribution in [0.3, 0.4) is 0 Å². The minimum atomic E-state index is -0.717. The number of aromatic nitrogens is 2. The zero-order valence-electron chi connectivity index (χ0n) is 13.9. The fourth-order valence-electron chi connectivity index (χ4n) is 3.78. The molecule has 2 aliphatic rings. The van der Waals surface area contributed by atoms with Crippen molar-refractivity contribution in [3.05, 3.63) is 46.2 Å². The lowest BCUT2D eigenvalue weighted by Gasteiger charge is -2.32. The topological polar surface area (TPSA) is 75.4 Å². The fraction of sp³-hybridized carbons (Fsp3) is 0.389. The number of amides is 1. The molecule has 1 saturated heterocycles. The summed E-state index contributed by atoms with van der Waals surface area (Å²) in [6.07, 6.45) is 3.92. The predicted molar refractivity (Wildman–Crippen MR) is 96.9 cm³/mol. The van der Waals surface area contributed by atoms with Gasteiger partial charge in [0, 0.05) is 19.3 Å². The van der Waals surface area contributed by atoms with E-state index in [1.807, 2.05) is 0 Å². The molecule has 1 aliphatic heterocycles. The molecule has 1 saturated carbocycles. The molecule has 0 radical (unpaired) electrons. The molecule has 1 aromatic heterocycles. The van der Waals surface area contributed by atoms with E-state index in [0.29, 0.717) is 28.8 Å². The molecule has 4 rings (SSSR count). The zero-order valence-corrected chi connectivity index (χ0v) is 15.4. The number of carboxylic acid groups (broad SMARTS) is 1. The van der Waals surface area contributed by atoms with Crippen molar-refractivity contribution >= 4 is 35.1 Å². The Bertz CT molecular complexity index is 888. The highest BCUT2D eigenvalue weighted by atomic mass is 35.5. The molecule has 2 heterocycles. The van der Waals surface area contributed by atoms with Crippen LogP contribution in [0.1, 0.15) is 29.8 Å². The van der Waals surface area contributed by atoms with Crippen LogP contribution in [0.2, 0.25) is 10.0 Å². The number of carbonyl (C=O) groups is 2. The number of rotatable bonds is 3. The van der Waals surface area contributed by atoms with E-state index in [1.54, 1.807) is 40.0 Å². The molecule has 1 N–H and O–H groups in total. The number of hydrogen-bond donors (Lipinski definition) is 1. The van der Waals surface area contributed by atoms with Crippen molar-refractivity contribution in [1.29, 1.82) is 0 Å². The summed E-state index contributed by atoms with van der Waals surface area (Å²) >= 11 is 12.0. The average molecular weight is 394 g/mol. The standard InChI is InChI=1S/C18H17Cl2N3O3/c19-13-2-1-11(9-14(13)20)23-6-3-15(21-23)16(24)22-7-4-18(5-8-22)10-12(18)17(25)26/h1-3,6,9,12H,4-5,7-8,10H2,(H,25,26). The molecule has 1 unspecified atom stereocenters. The molecular weight excluding hydrogens is 377 g/mol.